The van der Waals surface area contributed by atoms with Crippen LogP contribution in [0.4, 0.5) is 17.6 Å². The number of benzene rings is 1. The summed E-state index contributed by atoms with van der Waals surface area (Å²) >= 11 is 0. The second-order valence-electron chi connectivity index (χ2n) is 6.50. The summed E-state index contributed by atoms with van der Waals surface area (Å²) in [4.78, 5) is 4.40. The van der Waals surface area contributed by atoms with Crippen LogP contribution in [0.3, 0.4) is 0 Å². The first-order chi connectivity index (χ1) is 13.1. The largest absolute Gasteiger partial charge is 0.511 e. The Hall–Kier alpha value is -1.15. The summed E-state index contributed by atoms with van der Waals surface area (Å²) in [5.41, 5.74) is -4.42. The monoisotopic (exact) mass is 552 g/mol. The molecule has 1 saturated heterocycles. The van der Waals surface area contributed by atoms with Crippen LogP contribution in [0.5, 0.6) is 0 Å². The van der Waals surface area contributed by atoms with Gasteiger partial charge in [-0.05, 0) is 43.4 Å². The van der Waals surface area contributed by atoms with E-state index in [1.54, 1.807) is 12.1 Å². The van der Waals surface area contributed by atoms with Gasteiger partial charge in [0, 0.05) is 26.2 Å². The number of nitrogens with zero attached hydrogens (tertiary/aromatic N) is 2. The third-order valence-corrected chi connectivity index (χ3v) is 6.07. The maximum atomic E-state index is 12.9. The number of halogens is 5. The average molecular weight is 552 g/mol. The fraction of sp³-hybridized carbons (Fsp3) is 0.588. The number of hydrogen-bond acceptors (Lipinski definition) is 3. The van der Waals surface area contributed by atoms with Crippen LogP contribution in [0.15, 0.2) is 29.3 Å². The van der Waals surface area contributed by atoms with E-state index in [9.17, 15) is 26.0 Å². The molecule has 2 N–H and O–H groups in total. The zero-order chi connectivity index (χ0) is 20.8. The molecule has 0 unspecified atom stereocenters. The summed E-state index contributed by atoms with van der Waals surface area (Å²) in [7, 11) is -5.25. The quantitative estimate of drug-likeness (QED) is 0.247. The zero-order valence-electron chi connectivity index (χ0n) is 15.9. The SMILES string of the molecule is CCNC(=NCc1ccc(F)cc1)NCC1CCN(S(=O)(=O)C(F)(F)F)CC1.I. The van der Waals surface area contributed by atoms with Crippen molar-refractivity contribution >= 4 is 40.0 Å². The summed E-state index contributed by atoms with van der Waals surface area (Å²) in [6, 6.07) is 5.99. The van der Waals surface area contributed by atoms with Gasteiger partial charge >= 0.3 is 15.5 Å². The predicted octanol–water partition coefficient (Wildman–Crippen LogP) is 3.06. The van der Waals surface area contributed by atoms with Crippen LogP contribution in [0, 0.1) is 11.7 Å². The number of sulfonamides is 1. The Morgan fingerprint density at radius 1 is 1.17 bits per heavy atom. The minimum absolute atomic E-state index is 0. The van der Waals surface area contributed by atoms with Crippen LogP contribution < -0.4 is 10.6 Å². The Kier molecular flexibility index (Phi) is 10.1. The lowest BCUT2D eigenvalue weighted by atomic mass is 9.98. The number of piperidine rings is 1. The normalized spacial score (nSPS) is 16.9. The molecule has 1 aliphatic rings. The molecule has 0 aromatic heterocycles. The molecule has 0 atom stereocenters. The van der Waals surface area contributed by atoms with Gasteiger partial charge < -0.3 is 10.6 Å². The summed E-state index contributed by atoms with van der Waals surface area (Å²) in [6.07, 6.45) is 0.666. The van der Waals surface area contributed by atoms with Crippen LogP contribution in [-0.2, 0) is 16.6 Å². The average Bonchev–Trinajstić information content (AvgIpc) is 2.65. The Labute approximate surface area is 185 Å². The van der Waals surface area contributed by atoms with Crippen LogP contribution in [0.1, 0.15) is 25.3 Å². The first kappa shape index (κ1) is 25.9. The molecule has 1 aromatic carbocycles. The molecule has 1 aromatic rings. The van der Waals surface area contributed by atoms with Crippen molar-refractivity contribution in [2.45, 2.75) is 31.8 Å². The summed E-state index contributed by atoms with van der Waals surface area (Å²) < 4.78 is 74.2. The molecule has 29 heavy (non-hydrogen) atoms. The first-order valence-corrected chi connectivity index (χ1v) is 10.4. The number of alkyl halides is 3. The van der Waals surface area contributed by atoms with Crippen molar-refractivity contribution in [1.82, 2.24) is 14.9 Å². The molecule has 0 radical (unpaired) electrons. The van der Waals surface area contributed by atoms with Gasteiger partial charge in [0.15, 0.2) is 5.96 Å². The number of nitrogens with one attached hydrogen (secondary N) is 2. The number of aliphatic imine (C=N–C) groups is 1. The van der Waals surface area contributed by atoms with Gasteiger partial charge in [0.2, 0.25) is 0 Å². The van der Waals surface area contributed by atoms with Gasteiger partial charge in [0.05, 0.1) is 6.54 Å². The van der Waals surface area contributed by atoms with Crippen LogP contribution in [0.25, 0.3) is 0 Å². The molecule has 166 valence electrons. The molecule has 0 bridgehead atoms. The smallest absolute Gasteiger partial charge is 0.357 e. The molecular formula is C17H25F4IN4O2S. The van der Waals surface area contributed by atoms with Crippen molar-refractivity contribution < 1.29 is 26.0 Å². The summed E-state index contributed by atoms with van der Waals surface area (Å²) in [5.74, 6) is 0.253. The maximum absolute atomic E-state index is 12.9. The van der Waals surface area contributed by atoms with Crippen molar-refractivity contribution in [2.24, 2.45) is 10.9 Å². The van der Waals surface area contributed by atoms with Gasteiger partial charge in [-0.25, -0.2) is 17.8 Å². The van der Waals surface area contributed by atoms with E-state index < -0.39 is 15.5 Å². The highest BCUT2D eigenvalue weighted by Gasteiger charge is 2.50. The van der Waals surface area contributed by atoms with Gasteiger partial charge in [0.25, 0.3) is 0 Å². The van der Waals surface area contributed by atoms with Crippen molar-refractivity contribution in [3.05, 3.63) is 35.6 Å². The molecular weight excluding hydrogens is 527 g/mol. The molecule has 6 nitrogen and oxygen atoms in total. The molecule has 0 spiro atoms. The maximum Gasteiger partial charge on any atom is 0.511 e. The minimum atomic E-state index is -5.26. The van der Waals surface area contributed by atoms with E-state index in [2.05, 4.69) is 15.6 Å². The third-order valence-electron chi connectivity index (χ3n) is 4.44. The Balaban J connectivity index is 0.00000420. The van der Waals surface area contributed by atoms with E-state index >= 15 is 0 Å². The zero-order valence-corrected chi connectivity index (χ0v) is 19.0. The molecule has 12 heteroatoms. The van der Waals surface area contributed by atoms with Gasteiger partial charge in [0.1, 0.15) is 5.82 Å². The van der Waals surface area contributed by atoms with Crippen LogP contribution in [0.2, 0.25) is 0 Å². The van der Waals surface area contributed by atoms with Gasteiger partial charge in [-0.15, -0.1) is 24.0 Å². The van der Waals surface area contributed by atoms with Gasteiger partial charge in [-0.1, -0.05) is 12.1 Å². The fourth-order valence-electron chi connectivity index (χ4n) is 2.84. The molecule has 2 rings (SSSR count). The highest BCUT2D eigenvalue weighted by molar-refractivity contribution is 14.0. The lowest BCUT2D eigenvalue weighted by Crippen LogP contribution is -2.47. The van der Waals surface area contributed by atoms with Crippen LogP contribution >= 0.6 is 24.0 Å². The Bertz CT molecular complexity index is 765. The van der Waals surface area contributed by atoms with Gasteiger partial charge in [-0.2, -0.15) is 17.5 Å². The summed E-state index contributed by atoms with van der Waals surface area (Å²) in [5, 5.41) is 6.20. The first-order valence-electron chi connectivity index (χ1n) is 8.96. The molecule has 0 amide bonds. The second kappa shape index (κ2) is 11.3. The Morgan fingerprint density at radius 2 is 1.76 bits per heavy atom. The standard InChI is InChI=1S/C17H24F4N4O2S.HI/c1-2-22-16(23-11-13-3-5-15(18)6-4-13)24-12-14-7-9-25(10-8-14)28(26,27)17(19,20)21;/h3-6,14H,2,7-12H2,1H3,(H2,22,23,24);1H. The van der Waals surface area contributed by atoms with E-state index in [1.807, 2.05) is 6.92 Å². The lowest BCUT2D eigenvalue weighted by molar-refractivity contribution is -0.0496. The highest BCUT2D eigenvalue weighted by Crippen LogP contribution is 2.30. The number of rotatable bonds is 6. The van der Waals surface area contributed by atoms with E-state index in [0.717, 1.165) is 5.56 Å². The lowest BCUT2D eigenvalue weighted by Gasteiger charge is -2.31. The van der Waals surface area contributed by atoms with Crippen LogP contribution in [-0.4, -0.2) is 50.4 Å². The van der Waals surface area contributed by atoms with Crippen molar-refractivity contribution in [3.63, 3.8) is 0 Å². The summed E-state index contributed by atoms with van der Waals surface area (Å²) in [6.45, 7) is 3.02. The fourth-order valence-corrected chi connectivity index (χ4v) is 3.83. The van der Waals surface area contributed by atoms with E-state index in [-0.39, 0.29) is 48.8 Å². The third kappa shape index (κ3) is 7.55. The van der Waals surface area contributed by atoms with E-state index in [4.69, 9.17) is 0 Å². The van der Waals surface area contributed by atoms with E-state index in [0.29, 0.717) is 42.7 Å². The van der Waals surface area contributed by atoms with Crippen molar-refractivity contribution in [2.75, 3.05) is 26.2 Å². The number of guanidine groups is 1. The van der Waals surface area contributed by atoms with Gasteiger partial charge in [-0.3, -0.25) is 0 Å². The van der Waals surface area contributed by atoms with E-state index in [1.165, 1.54) is 12.1 Å². The predicted molar refractivity (Wildman–Crippen MR) is 114 cm³/mol. The molecule has 0 aliphatic carbocycles. The number of hydrogen-bond donors (Lipinski definition) is 2. The van der Waals surface area contributed by atoms with Crippen molar-refractivity contribution in [3.8, 4) is 0 Å². The minimum Gasteiger partial charge on any atom is -0.357 e. The second-order valence-corrected chi connectivity index (χ2v) is 8.43. The topological polar surface area (TPSA) is 73.8 Å². The highest BCUT2D eigenvalue weighted by atomic mass is 127. The molecule has 0 saturated carbocycles. The van der Waals surface area contributed by atoms with Crippen molar-refractivity contribution in [1.29, 1.82) is 0 Å². The Morgan fingerprint density at radius 3 is 2.28 bits per heavy atom. The molecule has 1 aliphatic heterocycles. The molecule has 1 fully saturated rings. The molecule has 1 heterocycles.